The summed E-state index contributed by atoms with van der Waals surface area (Å²) in [7, 11) is -2.65. The molecule has 2 amide bonds. The molecular formula is C26H26BrCl2N3O4S. The number of hydrogen-bond donors (Lipinski definition) is 1. The molecule has 0 aliphatic rings. The van der Waals surface area contributed by atoms with Gasteiger partial charge in [-0.1, -0.05) is 62.9 Å². The van der Waals surface area contributed by atoms with E-state index in [2.05, 4.69) is 21.2 Å². The van der Waals surface area contributed by atoms with Gasteiger partial charge < -0.3 is 10.2 Å². The number of carbonyl (C=O) groups is 2. The smallest absolute Gasteiger partial charge is 0.264 e. The van der Waals surface area contributed by atoms with Crippen LogP contribution in [0.5, 0.6) is 0 Å². The van der Waals surface area contributed by atoms with Gasteiger partial charge in [0, 0.05) is 18.1 Å². The number of sulfonamides is 1. The molecule has 1 N–H and O–H groups in total. The zero-order valence-corrected chi connectivity index (χ0v) is 24.3. The second kappa shape index (κ2) is 12.3. The van der Waals surface area contributed by atoms with Crippen molar-refractivity contribution in [2.45, 2.75) is 31.3 Å². The highest BCUT2D eigenvalue weighted by molar-refractivity contribution is 9.10. The number of carbonyl (C=O) groups excluding carboxylic acids is 2. The second-order valence-electron chi connectivity index (χ2n) is 8.36. The van der Waals surface area contributed by atoms with Crippen molar-refractivity contribution in [2.75, 3.05) is 17.9 Å². The number of nitrogens with one attached hydrogen (secondary N) is 1. The zero-order valence-electron chi connectivity index (χ0n) is 20.4. The summed E-state index contributed by atoms with van der Waals surface area (Å²) in [6.45, 7) is 2.92. The number of nitrogens with zero attached hydrogens (tertiary/aromatic N) is 2. The number of anilines is 1. The molecule has 37 heavy (non-hydrogen) atoms. The highest BCUT2D eigenvalue weighted by Gasteiger charge is 2.32. The quantitative estimate of drug-likeness (QED) is 0.344. The summed E-state index contributed by atoms with van der Waals surface area (Å²) >= 11 is 15.5. The predicted octanol–water partition coefficient (Wildman–Crippen LogP) is 5.42. The summed E-state index contributed by atoms with van der Waals surface area (Å²) in [6, 6.07) is 17.0. The van der Waals surface area contributed by atoms with Gasteiger partial charge in [-0.2, -0.15) is 0 Å². The SMILES string of the molecule is CNC(=O)[C@@H](C)N(Cc1ccc(Cl)c(Cl)c1)C(=O)CN(c1ccc(Br)cc1)S(=O)(=O)c1ccc(C)cc1. The maximum absolute atomic E-state index is 13.7. The van der Waals surface area contributed by atoms with Gasteiger partial charge in [-0.3, -0.25) is 13.9 Å². The Labute approximate surface area is 235 Å². The Bertz CT molecular complexity index is 1380. The van der Waals surface area contributed by atoms with E-state index in [0.717, 1.165) is 14.3 Å². The fraction of sp³-hybridized carbons (Fsp3) is 0.231. The average Bonchev–Trinajstić information content (AvgIpc) is 2.87. The van der Waals surface area contributed by atoms with Crippen molar-refractivity contribution in [3.05, 3.63) is 92.4 Å². The second-order valence-corrected chi connectivity index (χ2v) is 12.0. The Balaban J connectivity index is 2.03. The summed E-state index contributed by atoms with van der Waals surface area (Å²) in [6.07, 6.45) is 0. The van der Waals surface area contributed by atoms with Gasteiger partial charge in [-0.25, -0.2) is 8.42 Å². The van der Waals surface area contributed by atoms with Crippen LogP contribution in [0.3, 0.4) is 0 Å². The lowest BCUT2D eigenvalue weighted by Crippen LogP contribution is -2.50. The Morgan fingerprint density at radius 1 is 0.973 bits per heavy atom. The first-order chi connectivity index (χ1) is 17.4. The van der Waals surface area contributed by atoms with E-state index in [1.54, 1.807) is 61.5 Å². The Kier molecular flexibility index (Phi) is 9.63. The lowest BCUT2D eigenvalue weighted by atomic mass is 10.1. The fourth-order valence-electron chi connectivity index (χ4n) is 3.60. The van der Waals surface area contributed by atoms with Crippen LogP contribution in [0.1, 0.15) is 18.1 Å². The number of likely N-dealkylation sites (N-methyl/N-ethyl adjacent to an activating group) is 1. The number of aryl methyl sites for hydroxylation is 1. The molecule has 0 unspecified atom stereocenters. The largest absolute Gasteiger partial charge is 0.357 e. The van der Waals surface area contributed by atoms with E-state index >= 15 is 0 Å². The number of hydrogen-bond acceptors (Lipinski definition) is 4. The third kappa shape index (κ3) is 7.04. The highest BCUT2D eigenvalue weighted by Crippen LogP contribution is 2.27. The molecule has 3 rings (SSSR count). The summed E-state index contributed by atoms with van der Waals surface area (Å²) in [5.41, 5.74) is 1.84. The molecular weight excluding hydrogens is 601 g/mol. The van der Waals surface area contributed by atoms with E-state index in [0.29, 0.717) is 21.3 Å². The van der Waals surface area contributed by atoms with Crippen LogP contribution >= 0.6 is 39.1 Å². The minimum atomic E-state index is -4.12. The Morgan fingerprint density at radius 3 is 2.16 bits per heavy atom. The molecule has 0 saturated heterocycles. The van der Waals surface area contributed by atoms with E-state index in [9.17, 15) is 18.0 Å². The maximum Gasteiger partial charge on any atom is 0.264 e. The minimum Gasteiger partial charge on any atom is -0.357 e. The van der Waals surface area contributed by atoms with Crippen LogP contribution in [-0.2, 0) is 26.2 Å². The third-order valence-electron chi connectivity index (χ3n) is 5.75. The van der Waals surface area contributed by atoms with Crippen molar-refractivity contribution in [3.63, 3.8) is 0 Å². The Hall–Kier alpha value is -2.59. The van der Waals surface area contributed by atoms with Crippen LogP contribution in [0.4, 0.5) is 5.69 Å². The van der Waals surface area contributed by atoms with Crippen molar-refractivity contribution in [1.82, 2.24) is 10.2 Å². The van der Waals surface area contributed by atoms with Gasteiger partial charge in [-0.05, 0) is 67.9 Å². The van der Waals surface area contributed by atoms with Gasteiger partial charge >= 0.3 is 0 Å². The van der Waals surface area contributed by atoms with Gasteiger partial charge in [0.25, 0.3) is 10.0 Å². The van der Waals surface area contributed by atoms with Crippen LogP contribution < -0.4 is 9.62 Å². The molecule has 0 aliphatic carbocycles. The zero-order chi connectivity index (χ0) is 27.3. The average molecular weight is 627 g/mol. The van der Waals surface area contributed by atoms with Crippen LogP contribution in [-0.4, -0.2) is 44.8 Å². The molecule has 0 fully saturated rings. The molecule has 0 saturated carbocycles. The molecule has 0 spiro atoms. The number of amides is 2. The van der Waals surface area contributed by atoms with Crippen molar-refractivity contribution in [2.24, 2.45) is 0 Å². The number of benzene rings is 3. The van der Waals surface area contributed by atoms with E-state index in [1.807, 2.05) is 6.92 Å². The first kappa shape index (κ1) is 29.0. The Morgan fingerprint density at radius 2 is 1.59 bits per heavy atom. The minimum absolute atomic E-state index is 0.0169. The lowest BCUT2D eigenvalue weighted by Gasteiger charge is -2.31. The summed E-state index contributed by atoms with van der Waals surface area (Å²) in [5.74, 6) is -0.967. The van der Waals surface area contributed by atoms with Crippen LogP contribution in [0.25, 0.3) is 0 Å². The van der Waals surface area contributed by atoms with Gasteiger partial charge in [0.15, 0.2) is 0 Å². The van der Waals surface area contributed by atoms with Crippen molar-refractivity contribution >= 4 is 66.7 Å². The van der Waals surface area contributed by atoms with Crippen molar-refractivity contribution in [1.29, 1.82) is 0 Å². The molecule has 7 nitrogen and oxygen atoms in total. The summed E-state index contributed by atoms with van der Waals surface area (Å²) < 4.78 is 29.2. The molecule has 196 valence electrons. The monoisotopic (exact) mass is 625 g/mol. The molecule has 0 bridgehead atoms. The number of rotatable bonds is 9. The van der Waals surface area contributed by atoms with Crippen molar-refractivity contribution in [3.8, 4) is 0 Å². The highest BCUT2D eigenvalue weighted by atomic mass is 79.9. The lowest BCUT2D eigenvalue weighted by molar-refractivity contribution is -0.139. The molecule has 0 heterocycles. The van der Waals surface area contributed by atoms with E-state index in [4.69, 9.17) is 23.2 Å². The summed E-state index contributed by atoms with van der Waals surface area (Å²) in [5, 5.41) is 3.20. The standard InChI is InChI=1S/C26H26BrCl2N3O4S/c1-17-4-11-22(12-5-17)37(35,36)32(21-9-7-20(27)8-10-21)16-25(33)31(18(2)26(34)30-3)15-19-6-13-23(28)24(29)14-19/h4-14,18H,15-16H2,1-3H3,(H,30,34)/t18-/m1/s1. The van der Waals surface area contributed by atoms with Crippen LogP contribution in [0.15, 0.2) is 76.1 Å². The number of halogens is 3. The molecule has 3 aromatic carbocycles. The van der Waals surface area contributed by atoms with E-state index < -0.39 is 34.4 Å². The predicted molar refractivity (Wildman–Crippen MR) is 150 cm³/mol. The third-order valence-corrected chi connectivity index (χ3v) is 8.81. The van der Waals surface area contributed by atoms with Crippen LogP contribution in [0.2, 0.25) is 10.0 Å². The first-order valence-electron chi connectivity index (χ1n) is 11.2. The van der Waals surface area contributed by atoms with Gasteiger partial charge in [0.2, 0.25) is 11.8 Å². The maximum atomic E-state index is 13.7. The van der Waals surface area contributed by atoms with Gasteiger partial charge in [0.1, 0.15) is 12.6 Å². The molecule has 0 aliphatic heterocycles. The van der Waals surface area contributed by atoms with Gasteiger partial charge in [-0.15, -0.1) is 0 Å². The van der Waals surface area contributed by atoms with Crippen molar-refractivity contribution < 1.29 is 18.0 Å². The first-order valence-corrected chi connectivity index (χ1v) is 14.2. The molecule has 0 radical (unpaired) electrons. The fourth-order valence-corrected chi connectivity index (χ4v) is 5.60. The van der Waals surface area contributed by atoms with E-state index in [1.165, 1.54) is 24.1 Å². The van der Waals surface area contributed by atoms with Crippen LogP contribution in [0, 0.1) is 6.92 Å². The molecule has 11 heteroatoms. The van der Waals surface area contributed by atoms with Gasteiger partial charge in [0.05, 0.1) is 20.6 Å². The molecule has 1 atom stereocenters. The normalized spacial score (nSPS) is 12.1. The molecule has 0 aromatic heterocycles. The molecule has 3 aromatic rings. The summed E-state index contributed by atoms with van der Waals surface area (Å²) in [4.78, 5) is 27.6. The topological polar surface area (TPSA) is 86.8 Å². The van der Waals surface area contributed by atoms with E-state index in [-0.39, 0.29) is 11.4 Å².